The molecule has 2 aromatic rings. The summed E-state index contributed by atoms with van der Waals surface area (Å²) in [5.74, 6) is -0.511. The molecule has 128 valence electrons. The summed E-state index contributed by atoms with van der Waals surface area (Å²) in [6, 6.07) is 16.8. The van der Waals surface area contributed by atoms with Crippen LogP contribution in [-0.2, 0) is 6.54 Å². The lowest BCUT2D eigenvalue weighted by Crippen LogP contribution is -2.49. The van der Waals surface area contributed by atoms with Crippen LogP contribution in [0.15, 0.2) is 54.6 Å². The Labute approximate surface area is 142 Å². The Morgan fingerprint density at radius 1 is 1.08 bits per heavy atom. The van der Waals surface area contributed by atoms with Crippen molar-refractivity contribution in [2.45, 2.75) is 30.9 Å². The highest BCUT2D eigenvalue weighted by Gasteiger charge is 2.39. The molecule has 1 aliphatic rings. The third-order valence-electron chi connectivity index (χ3n) is 5.11. The van der Waals surface area contributed by atoms with Crippen LogP contribution in [0.5, 0.6) is 0 Å². The highest BCUT2D eigenvalue weighted by atomic mass is 19.1. The van der Waals surface area contributed by atoms with E-state index < -0.39 is 5.60 Å². The molecule has 0 aromatic heterocycles. The lowest BCUT2D eigenvalue weighted by molar-refractivity contribution is -0.0426. The molecule has 1 saturated heterocycles. The predicted molar refractivity (Wildman–Crippen MR) is 94.1 cm³/mol. The average molecular weight is 328 g/mol. The number of nitrogens with two attached hydrogens (primary N) is 1. The first-order valence-corrected chi connectivity index (χ1v) is 8.55. The summed E-state index contributed by atoms with van der Waals surface area (Å²) < 4.78 is 13.5. The molecule has 24 heavy (non-hydrogen) atoms. The molecular formula is C20H25FN2O. The molecule has 0 radical (unpaired) electrons. The molecule has 3 N–H and O–H groups in total. The van der Waals surface area contributed by atoms with E-state index >= 15 is 0 Å². The Balaban J connectivity index is 1.66. The summed E-state index contributed by atoms with van der Waals surface area (Å²) in [6.45, 7) is 2.84. The Hall–Kier alpha value is -1.75. The topological polar surface area (TPSA) is 49.5 Å². The predicted octanol–water partition coefficient (Wildman–Crippen LogP) is 2.90. The SMILES string of the molecule is NCC(c1cccc(F)c1)C1(O)CCN(Cc2ccccc2)CC1. The zero-order chi connectivity index (χ0) is 17.0. The van der Waals surface area contributed by atoms with Crippen LogP contribution in [0.2, 0.25) is 0 Å². The van der Waals surface area contributed by atoms with Gasteiger partial charge >= 0.3 is 0 Å². The van der Waals surface area contributed by atoms with E-state index in [-0.39, 0.29) is 11.7 Å². The van der Waals surface area contributed by atoms with Crippen LogP contribution in [0.3, 0.4) is 0 Å². The van der Waals surface area contributed by atoms with Crippen LogP contribution < -0.4 is 5.73 Å². The second kappa shape index (κ2) is 7.43. The van der Waals surface area contributed by atoms with Gasteiger partial charge in [0.1, 0.15) is 5.82 Å². The molecule has 1 heterocycles. The van der Waals surface area contributed by atoms with Gasteiger partial charge in [-0.05, 0) is 36.1 Å². The lowest BCUT2D eigenvalue weighted by atomic mass is 9.76. The maximum absolute atomic E-state index is 13.5. The molecule has 1 atom stereocenters. The van der Waals surface area contributed by atoms with Crippen molar-refractivity contribution in [3.05, 3.63) is 71.5 Å². The third kappa shape index (κ3) is 3.83. The van der Waals surface area contributed by atoms with E-state index in [0.29, 0.717) is 19.4 Å². The number of halogens is 1. The number of rotatable bonds is 5. The first-order valence-electron chi connectivity index (χ1n) is 8.55. The number of hydrogen-bond donors (Lipinski definition) is 2. The summed E-state index contributed by atoms with van der Waals surface area (Å²) >= 11 is 0. The molecule has 1 fully saturated rings. The quantitative estimate of drug-likeness (QED) is 0.887. The first-order chi connectivity index (χ1) is 11.6. The molecule has 0 amide bonds. The minimum Gasteiger partial charge on any atom is -0.389 e. The van der Waals surface area contributed by atoms with Gasteiger partial charge in [-0.1, -0.05) is 42.5 Å². The Kier molecular flexibility index (Phi) is 5.29. The van der Waals surface area contributed by atoms with Gasteiger partial charge in [-0.25, -0.2) is 4.39 Å². The van der Waals surface area contributed by atoms with E-state index in [1.807, 2.05) is 24.3 Å². The van der Waals surface area contributed by atoms with Gasteiger partial charge in [0.25, 0.3) is 0 Å². The minimum atomic E-state index is -0.865. The smallest absolute Gasteiger partial charge is 0.123 e. The van der Waals surface area contributed by atoms with Crippen molar-refractivity contribution in [1.82, 2.24) is 4.90 Å². The van der Waals surface area contributed by atoms with E-state index in [9.17, 15) is 9.50 Å². The van der Waals surface area contributed by atoms with Gasteiger partial charge in [0.15, 0.2) is 0 Å². The van der Waals surface area contributed by atoms with E-state index in [2.05, 4.69) is 17.0 Å². The second-order valence-corrected chi connectivity index (χ2v) is 6.71. The third-order valence-corrected chi connectivity index (χ3v) is 5.11. The summed E-state index contributed by atoms with van der Waals surface area (Å²) in [7, 11) is 0. The molecule has 0 spiro atoms. The van der Waals surface area contributed by atoms with Gasteiger partial charge in [-0.3, -0.25) is 4.90 Å². The molecule has 3 rings (SSSR count). The highest BCUT2D eigenvalue weighted by Crippen LogP contribution is 2.36. The van der Waals surface area contributed by atoms with Crippen molar-refractivity contribution in [3.63, 3.8) is 0 Å². The molecule has 0 aliphatic carbocycles. The van der Waals surface area contributed by atoms with E-state index in [4.69, 9.17) is 5.73 Å². The molecule has 4 heteroatoms. The molecule has 0 saturated carbocycles. The highest BCUT2D eigenvalue weighted by molar-refractivity contribution is 5.25. The van der Waals surface area contributed by atoms with Crippen LogP contribution in [0.4, 0.5) is 4.39 Å². The zero-order valence-corrected chi connectivity index (χ0v) is 13.9. The molecule has 2 aromatic carbocycles. The number of hydrogen-bond acceptors (Lipinski definition) is 3. The maximum atomic E-state index is 13.5. The van der Waals surface area contributed by atoms with Gasteiger partial charge in [-0.2, -0.15) is 0 Å². The standard InChI is InChI=1S/C20H25FN2O/c21-18-8-4-7-17(13-18)19(14-22)20(24)9-11-23(12-10-20)15-16-5-2-1-3-6-16/h1-8,13,19,24H,9-12,14-15,22H2. The Morgan fingerprint density at radius 2 is 1.79 bits per heavy atom. The summed E-state index contributed by atoms with van der Waals surface area (Å²) in [4.78, 5) is 2.35. The van der Waals surface area contributed by atoms with Gasteiger partial charge < -0.3 is 10.8 Å². The van der Waals surface area contributed by atoms with Crippen LogP contribution in [-0.4, -0.2) is 35.2 Å². The van der Waals surface area contributed by atoms with Gasteiger partial charge in [0.2, 0.25) is 0 Å². The van der Waals surface area contributed by atoms with Crippen molar-refractivity contribution in [3.8, 4) is 0 Å². The van der Waals surface area contributed by atoms with Crippen molar-refractivity contribution in [2.75, 3.05) is 19.6 Å². The molecule has 1 unspecified atom stereocenters. The number of piperidine rings is 1. The van der Waals surface area contributed by atoms with E-state index in [0.717, 1.165) is 25.2 Å². The normalized spacial score (nSPS) is 19.1. The fourth-order valence-corrected chi connectivity index (χ4v) is 3.68. The van der Waals surface area contributed by atoms with Gasteiger partial charge in [0.05, 0.1) is 5.60 Å². The minimum absolute atomic E-state index is 0.230. The Bertz CT molecular complexity index is 654. The largest absolute Gasteiger partial charge is 0.389 e. The number of benzene rings is 2. The Morgan fingerprint density at radius 3 is 2.42 bits per heavy atom. The maximum Gasteiger partial charge on any atom is 0.123 e. The lowest BCUT2D eigenvalue weighted by Gasteiger charge is -2.43. The molecule has 1 aliphatic heterocycles. The van der Waals surface area contributed by atoms with E-state index in [1.54, 1.807) is 6.07 Å². The molecular weight excluding hydrogens is 303 g/mol. The van der Waals surface area contributed by atoms with Gasteiger partial charge in [-0.15, -0.1) is 0 Å². The summed E-state index contributed by atoms with van der Waals surface area (Å²) in [5, 5.41) is 11.1. The van der Waals surface area contributed by atoms with Crippen LogP contribution >= 0.6 is 0 Å². The first kappa shape index (κ1) is 17.1. The molecule has 3 nitrogen and oxygen atoms in total. The van der Waals surface area contributed by atoms with Crippen LogP contribution in [0, 0.1) is 5.82 Å². The summed E-state index contributed by atoms with van der Waals surface area (Å²) in [5.41, 5.74) is 7.14. The van der Waals surface area contributed by atoms with Gasteiger partial charge in [0, 0.05) is 32.1 Å². The van der Waals surface area contributed by atoms with Crippen molar-refractivity contribution < 1.29 is 9.50 Å². The monoisotopic (exact) mass is 328 g/mol. The van der Waals surface area contributed by atoms with Crippen molar-refractivity contribution in [1.29, 1.82) is 0 Å². The second-order valence-electron chi connectivity index (χ2n) is 6.71. The fraction of sp³-hybridized carbons (Fsp3) is 0.400. The van der Waals surface area contributed by atoms with Crippen molar-refractivity contribution in [2.24, 2.45) is 5.73 Å². The number of likely N-dealkylation sites (tertiary alicyclic amines) is 1. The zero-order valence-electron chi connectivity index (χ0n) is 13.9. The molecule has 0 bridgehead atoms. The van der Waals surface area contributed by atoms with Crippen LogP contribution in [0.1, 0.15) is 29.9 Å². The number of aliphatic hydroxyl groups is 1. The summed E-state index contributed by atoms with van der Waals surface area (Å²) in [6.07, 6.45) is 1.30. The van der Waals surface area contributed by atoms with E-state index in [1.165, 1.54) is 17.7 Å². The average Bonchev–Trinajstić information content (AvgIpc) is 2.59. The fourth-order valence-electron chi connectivity index (χ4n) is 3.68. The van der Waals surface area contributed by atoms with Crippen molar-refractivity contribution >= 4 is 0 Å². The number of nitrogens with zero attached hydrogens (tertiary/aromatic N) is 1. The van der Waals surface area contributed by atoms with Crippen LogP contribution in [0.25, 0.3) is 0 Å².